The van der Waals surface area contributed by atoms with E-state index in [2.05, 4.69) is 10.4 Å². The Morgan fingerprint density at radius 1 is 1.02 bits per heavy atom. The Hall–Kier alpha value is -4.18. The second-order valence-electron chi connectivity index (χ2n) is 11.3. The van der Waals surface area contributed by atoms with Crippen molar-refractivity contribution in [2.24, 2.45) is 0 Å². The first-order valence-electron chi connectivity index (χ1n) is 13.9. The highest BCUT2D eigenvalue weighted by atomic mass is 16.6. The molecule has 1 saturated carbocycles. The van der Waals surface area contributed by atoms with Crippen molar-refractivity contribution < 1.29 is 28.6 Å². The van der Waals surface area contributed by atoms with Crippen LogP contribution < -0.4 is 15.0 Å². The summed E-state index contributed by atoms with van der Waals surface area (Å²) in [7, 11) is 1.58. The summed E-state index contributed by atoms with van der Waals surface area (Å²) in [5, 5.41) is 7.90. The Labute approximate surface area is 239 Å². The summed E-state index contributed by atoms with van der Waals surface area (Å²) >= 11 is 0. The molecule has 10 heteroatoms. The van der Waals surface area contributed by atoms with E-state index >= 15 is 0 Å². The van der Waals surface area contributed by atoms with E-state index < -0.39 is 11.6 Å². The average Bonchev–Trinajstić information content (AvgIpc) is 3.64. The molecular weight excluding hydrogens is 524 g/mol. The summed E-state index contributed by atoms with van der Waals surface area (Å²) in [6.45, 7) is 8.02. The van der Waals surface area contributed by atoms with Crippen LogP contribution in [0.5, 0.6) is 5.75 Å². The number of rotatable bonds is 9. The van der Waals surface area contributed by atoms with Crippen molar-refractivity contribution in [2.45, 2.75) is 58.1 Å². The quantitative estimate of drug-likeness (QED) is 0.388. The SMILES string of the molecule is CCOC(=O)c1nn(-c2ccc(OC)cc2)c2c1CCN(c1ccc(C3(NCC(=O)OC(C)(C)C)CC3)cc1)C2=O. The highest BCUT2D eigenvalue weighted by Gasteiger charge is 2.44. The Kier molecular flexibility index (Phi) is 7.61. The summed E-state index contributed by atoms with van der Waals surface area (Å²) in [4.78, 5) is 40.6. The van der Waals surface area contributed by atoms with Crippen LogP contribution in [0.2, 0.25) is 0 Å². The third-order valence-corrected chi connectivity index (χ3v) is 7.28. The topological polar surface area (TPSA) is 112 Å². The van der Waals surface area contributed by atoms with Gasteiger partial charge in [-0.25, -0.2) is 9.48 Å². The number of carbonyl (C=O) groups is 3. The van der Waals surface area contributed by atoms with Crippen LogP contribution in [0.3, 0.4) is 0 Å². The second-order valence-corrected chi connectivity index (χ2v) is 11.3. The number of anilines is 1. The molecule has 2 aliphatic rings. The number of methoxy groups -OCH3 is 1. The minimum absolute atomic E-state index is 0.130. The molecule has 0 spiro atoms. The monoisotopic (exact) mass is 560 g/mol. The molecule has 5 rings (SSSR count). The van der Waals surface area contributed by atoms with E-state index in [0.29, 0.717) is 35.7 Å². The average molecular weight is 561 g/mol. The van der Waals surface area contributed by atoms with Crippen LogP contribution >= 0.6 is 0 Å². The minimum atomic E-state index is -0.546. The molecule has 1 fully saturated rings. The van der Waals surface area contributed by atoms with E-state index in [9.17, 15) is 14.4 Å². The predicted octanol–water partition coefficient (Wildman–Crippen LogP) is 4.18. The molecule has 216 valence electrons. The maximum Gasteiger partial charge on any atom is 0.359 e. The molecule has 1 aliphatic heterocycles. The fraction of sp³-hybridized carbons (Fsp3) is 0.419. The fourth-order valence-corrected chi connectivity index (χ4v) is 5.15. The van der Waals surface area contributed by atoms with Crippen LogP contribution in [0.25, 0.3) is 5.69 Å². The third kappa shape index (κ3) is 5.83. The molecule has 2 heterocycles. The van der Waals surface area contributed by atoms with E-state index in [1.54, 1.807) is 43.2 Å². The third-order valence-electron chi connectivity index (χ3n) is 7.28. The van der Waals surface area contributed by atoms with Crippen LogP contribution in [-0.4, -0.2) is 60.0 Å². The second kappa shape index (κ2) is 11.0. The van der Waals surface area contributed by atoms with Gasteiger partial charge >= 0.3 is 11.9 Å². The number of ether oxygens (including phenoxy) is 3. The van der Waals surface area contributed by atoms with Gasteiger partial charge in [-0.05, 0) is 88.9 Å². The lowest BCUT2D eigenvalue weighted by molar-refractivity contribution is -0.153. The molecule has 1 amide bonds. The van der Waals surface area contributed by atoms with Gasteiger partial charge in [-0.2, -0.15) is 5.10 Å². The first-order chi connectivity index (χ1) is 19.5. The molecule has 41 heavy (non-hydrogen) atoms. The maximum atomic E-state index is 13.9. The fourth-order valence-electron chi connectivity index (χ4n) is 5.15. The molecule has 1 aliphatic carbocycles. The summed E-state index contributed by atoms with van der Waals surface area (Å²) in [6, 6.07) is 15.0. The van der Waals surface area contributed by atoms with Crippen LogP contribution in [-0.2, 0) is 26.2 Å². The molecule has 10 nitrogen and oxygen atoms in total. The number of fused-ring (bicyclic) bond motifs is 1. The van der Waals surface area contributed by atoms with Gasteiger partial charge in [0.2, 0.25) is 0 Å². The Bertz CT molecular complexity index is 1450. The van der Waals surface area contributed by atoms with Crippen molar-refractivity contribution >= 4 is 23.5 Å². The summed E-state index contributed by atoms with van der Waals surface area (Å²) < 4.78 is 17.5. The molecule has 0 bridgehead atoms. The van der Waals surface area contributed by atoms with Crippen molar-refractivity contribution in [1.82, 2.24) is 15.1 Å². The van der Waals surface area contributed by atoms with Gasteiger partial charge in [0.05, 0.1) is 25.9 Å². The van der Waals surface area contributed by atoms with Crippen molar-refractivity contribution in [3.8, 4) is 11.4 Å². The van der Waals surface area contributed by atoms with E-state index in [1.165, 1.54) is 4.68 Å². The van der Waals surface area contributed by atoms with Crippen molar-refractivity contribution in [3.63, 3.8) is 0 Å². The van der Waals surface area contributed by atoms with Crippen molar-refractivity contribution in [3.05, 3.63) is 71.0 Å². The Morgan fingerprint density at radius 3 is 2.27 bits per heavy atom. The lowest BCUT2D eigenvalue weighted by Crippen LogP contribution is -2.39. The van der Waals surface area contributed by atoms with Gasteiger partial charge in [-0.15, -0.1) is 0 Å². The number of nitrogens with zero attached hydrogens (tertiary/aromatic N) is 3. The number of amides is 1. The Morgan fingerprint density at radius 2 is 1.68 bits per heavy atom. The molecule has 0 unspecified atom stereocenters. The van der Waals surface area contributed by atoms with Gasteiger partial charge < -0.3 is 19.1 Å². The lowest BCUT2D eigenvalue weighted by Gasteiger charge is -2.28. The van der Waals surface area contributed by atoms with E-state index in [4.69, 9.17) is 14.2 Å². The Balaban J connectivity index is 1.39. The first-order valence-corrected chi connectivity index (χ1v) is 13.9. The number of carbonyl (C=O) groups excluding carboxylic acids is 3. The molecular formula is C31H36N4O6. The molecule has 1 N–H and O–H groups in total. The number of hydrogen-bond donors (Lipinski definition) is 1. The predicted molar refractivity (Wildman–Crippen MR) is 153 cm³/mol. The van der Waals surface area contributed by atoms with Gasteiger partial charge in [-0.1, -0.05) is 12.1 Å². The number of esters is 2. The molecule has 3 aromatic rings. The van der Waals surface area contributed by atoms with E-state index in [0.717, 1.165) is 24.1 Å². The lowest BCUT2D eigenvalue weighted by atomic mass is 10.0. The highest BCUT2D eigenvalue weighted by Crippen LogP contribution is 2.46. The zero-order valence-corrected chi connectivity index (χ0v) is 24.2. The first kappa shape index (κ1) is 28.4. The van der Waals surface area contributed by atoms with Gasteiger partial charge in [-0.3, -0.25) is 14.9 Å². The van der Waals surface area contributed by atoms with Crippen LogP contribution in [0.4, 0.5) is 5.69 Å². The van der Waals surface area contributed by atoms with Gasteiger partial charge in [0, 0.05) is 23.3 Å². The molecule has 2 aromatic carbocycles. The summed E-state index contributed by atoms with van der Waals surface area (Å²) in [5.74, 6) is -0.412. The van der Waals surface area contributed by atoms with Gasteiger partial charge in [0.1, 0.15) is 17.0 Å². The van der Waals surface area contributed by atoms with Crippen molar-refractivity contribution in [2.75, 3.05) is 31.7 Å². The van der Waals surface area contributed by atoms with E-state index in [-0.39, 0.29) is 36.3 Å². The number of benzene rings is 2. The number of aromatic nitrogens is 2. The largest absolute Gasteiger partial charge is 0.497 e. The normalized spacial score (nSPS) is 15.7. The standard InChI is InChI=1S/C31H36N4O6/c1-6-40-29(38)26-24-15-18-34(28(37)27(24)35(33-26)22-11-13-23(39-5)14-12-22)21-9-7-20(8-10-21)31(16-17-31)32-19-25(36)41-30(2,3)4/h7-14,32H,6,15-19H2,1-5H3. The molecule has 0 radical (unpaired) electrons. The van der Waals surface area contributed by atoms with Gasteiger partial charge in [0.15, 0.2) is 5.69 Å². The molecule has 0 atom stereocenters. The zero-order chi connectivity index (χ0) is 29.4. The smallest absolute Gasteiger partial charge is 0.359 e. The minimum Gasteiger partial charge on any atom is -0.497 e. The molecule has 0 saturated heterocycles. The highest BCUT2D eigenvalue weighted by molar-refractivity contribution is 6.09. The van der Waals surface area contributed by atoms with Crippen LogP contribution in [0.15, 0.2) is 48.5 Å². The zero-order valence-electron chi connectivity index (χ0n) is 24.2. The van der Waals surface area contributed by atoms with Crippen LogP contribution in [0.1, 0.15) is 72.6 Å². The van der Waals surface area contributed by atoms with Gasteiger partial charge in [0.25, 0.3) is 5.91 Å². The summed E-state index contributed by atoms with van der Waals surface area (Å²) in [5.41, 5.74) is 2.72. The number of nitrogens with one attached hydrogen (secondary N) is 1. The van der Waals surface area contributed by atoms with Crippen molar-refractivity contribution in [1.29, 1.82) is 0 Å². The molecule has 1 aromatic heterocycles. The summed E-state index contributed by atoms with van der Waals surface area (Å²) in [6.07, 6.45) is 2.28. The van der Waals surface area contributed by atoms with E-state index in [1.807, 2.05) is 45.0 Å². The van der Waals surface area contributed by atoms with Crippen LogP contribution in [0, 0.1) is 0 Å². The maximum absolute atomic E-state index is 13.9. The number of hydrogen-bond acceptors (Lipinski definition) is 8.